The molecule has 2 aromatic heterocycles. The van der Waals surface area contributed by atoms with Crippen molar-refractivity contribution in [2.45, 2.75) is 12.8 Å². The molecule has 8 heteroatoms. The molecule has 1 N–H and O–H groups in total. The number of carbonyl (C=O) groups excluding carboxylic acids is 1. The van der Waals surface area contributed by atoms with Crippen molar-refractivity contribution in [3.8, 4) is 0 Å². The van der Waals surface area contributed by atoms with Gasteiger partial charge >= 0.3 is 0 Å². The molecule has 1 saturated heterocycles. The van der Waals surface area contributed by atoms with Crippen molar-refractivity contribution in [1.82, 2.24) is 24.8 Å². The first-order chi connectivity index (χ1) is 12.7. The third-order valence-corrected chi connectivity index (χ3v) is 5.32. The Bertz CT molecular complexity index is 798. The molecule has 0 aromatic carbocycles. The molecule has 0 radical (unpaired) electrons. The quantitative estimate of drug-likeness (QED) is 0.808. The Labute approximate surface area is 153 Å². The molecule has 0 unspecified atom stereocenters. The summed E-state index contributed by atoms with van der Waals surface area (Å²) in [6, 6.07) is 1.95. The van der Waals surface area contributed by atoms with Crippen LogP contribution in [-0.2, 0) is 22.4 Å². The summed E-state index contributed by atoms with van der Waals surface area (Å²) >= 11 is 0. The van der Waals surface area contributed by atoms with Crippen LogP contribution in [0.15, 0.2) is 12.3 Å². The van der Waals surface area contributed by atoms with Crippen LogP contribution < -0.4 is 10.2 Å². The van der Waals surface area contributed by atoms with Crippen molar-refractivity contribution in [3.05, 3.63) is 23.5 Å². The highest BCUT2D eigenvalue weighted by molar-refractivity contribution is 5.82. The lowest BCUT2D eigenvalue weighted by molar-refractivity contribution is -0.135. The van der Waals surface area contributed by atoms with Crippen LogP contribution in [0.5, 0.6) is 0 Å². The molecule has 0 aliphatic carbocycles. The van der Waals surface area contributed by atoms with E-state index in [1.807, 2.05) is 17.6 Å². The maximum Gasteiger partial charge on any atom is 0.229 e. The van der Waals surface area contributed by atoms with E-state index >= 15 is 0 Å². The molecule has 1 amide bonds. The van der Waals surface area contributed by atoms with E-state index in [2.05, 4.69) is 15.3 Å². The summed E-state index contributed by atoms with van der Waals surface area (Å²) in [4.78, 5) is 21.4. The van der Waals surface area contributed by atoms with Crippen LogP contribution in [0.3, 0.4) is 0 Å². The van der Waals surface area contributed by atoms with Gasteiger partial charge < -0.3 is 19.9 Å². The Morgan fingerprint density at radius 3 is 3.00 bits per heavy atom. The van der Waals surface area contributed by atoms with Gasteiger partial charge in [0.15, 0.2) is 5.65 Å². The lowest BCUT2D eigenvalue weighted by Gasteiger charge is -2.42. The van der Waals surface area contributed by atoms with Crippen molar-refractivity contribution in [2.75, 3.05) is 58.4 Å². The SMILES string of the molecule is COCCN(C)C(=O)C1CN(c2c3c(nc4ccnn24)CCNCC3)C1. The molecular formula is C18H26N6O2. The molecule has 1 fully saturated rings. The molecule has 140 valence electrons. The normalized spacial score (nSPS) is 17.7. The maximum atomic E-state index is 12.6. The Balaban J connectivity index is 1.56. The molecule has 0 bridgehead atoms. The van der Waals surface area contributed by atoms with Gasteiger partial charge in [-0.2, -0.15) is 9.61 Å². The van der Waals surface area contributed by atoms with Gasteiger partial charge in [-0.3, -0.25) is 4.79 Å². The molecule has 8 nitrogen and oxygen atoms in total. The first-order valence-corrected chi connectivity index (χ1v) is 9.24. The van der Waals surface area contributed by atoms with Crippen molar-refractivity contribution in [1.29, 1.82) is 0 Å². The second-order valence-electron chi connectivity index (χ2n) is 7.07. The maximum absolute atomic E-state index is 12.6. The summed E-state index contributed by atoms with van der Waals surface area (Å²) in [5.74, 6) is 1.34. The fourth-order valence-electron chi connectivity index (χ4n) is 3.80. The number of carbonyl (C=O) groups is 1. The Morgan fingerprint density at radius 2 is 2.19 bits per heavy atom. The molecule has 0 atom stereocenters. The molecule has 4 rings (SSSR count). The van der Waals surface area contributed by atoms with E-state index in [-0.39, 0.29) is 11.8 Å². The average Bonchev–Trinajstić information content (AvgIpc) is 2.94. The van der Waals surface area contributed by atoms with Gasteiger partial charge in [-0.1, -0.05) is 0 Å². The van der Waals surface area contributed by atoms with Crippen LogP contribution in [0.4, 0.5) is 5.82 Å². The van der Waals surface area contributed by atoms with Gasteiger partial charge in [0.25, 0.3) is 0 Å². The number of nitrogens with one attached hydrogen (secondary N) is 1. The molecular weight excluding hydrogens is 332 g/mol. The molecule has 2 aliphatic heterocycles. The summed E-state index contributed by atoms with van der Waals surface area (Å²) in [6.07, 6.45) is 3.67. The largest absolute Gasteiger partial charge is 0.383 e. The fourth-order valence-corrected chi connectivity index (χ4v) is 3.80. The molecule has 0 saturated carbocycles. The van der Waals surface area contributed by atoms with Gasteiger partial charge in [0.2, 0.25) is 5.91 Å². The molecule has 26 heavy (non-hydrogen) atoms. The average molecular weight is 358 g/mol. The van der Waals surface area contributed by atoms with E-state index in [0.29, 0.717) is 13.2 Å². The van der Waals surface area contributed by atoms with Gasteiger partial charge in [-0.05, 0) is 13.0 Å². The minimum absolute atomic E-state index is 0.0372. The third-order valence-electron chi connectivity index (χ3n) is 5.32. The molecule has 0 spiro atoms. The van der Waals surface area contributed by atoms with Crippen LogP contribution >= 0.6 is 0 Å². The number of aromatic nitrogens is 3. The van der Waals surface area contributed by atoms with Crippen LogP contribution in [-0.4, -0.2) is 78.9 Å². The highest BCUT2D eigenvalue weighted by Gasteiger charge is 2.37. The smallest absolute Gasteiger partial charge is 0.229 e. The van der Waals surface area contributed by atoms with E-state index in [1.54, 1.807) is 18.2 Å². The van der Waals surface area contributed by atoms with E-state index in [0.717, 1.165) is 56.2 Å². The number of methoxy groups -OCH3 is 1. The predicted octanol–water partition coefficient (Wildman–Crippen LogP) is -0.0415. The topological polar surface area (TPSA) is 75.0 Å². The molecule has 4 heterocycles. The van der Waals surface area contributed by atoms with Crippen molar-refractivity contribution < 1.29 is 9.53 Å². The highest BCUT2D eigenvalue weighted by atomic mass is 16.5. The summed E-state index contributed by atoms with van der Waals surface area (Å²) < 4.78 is 7.00. The summed E-state index contributed by atoms with van der Waals surface area (Å²) in [6.45, 7) is 4.56. The zero-order valence-electron chi connectivity index (χ0n) is 15.4. The molecule has 2 aliphatic rings. The summed E-state index contributed by atoms with van der Waals surface area (Å²) in [5.41, 5.74) is 3.31. The number of hydrogen-bond donors (Lipinski definition) is 1. The number of anilines is 1. The van der Waals surface area contributed by atoms with Gasteiger partial charge in [0, 0.05) is 58.4 Å². The van der Waals surface area contributed by atoms with E-state index in [1.165, 1.54) is 5.56 Å². The van der Waals surface area contributed by atoms with Crippen molar-refractivity contribution in [2.24, 2.45) is 5.92 Å². The van der Waals surface area contributed by atoms with Gasteiger partial charge in [-0.25, -0.2) is 4.98 Å². The van der Waals surface area contributed by atoms with Gasteiger partial charge in [0.1, 0.15) is 5.82 Å². The first-order valence-electron chi connectivity index (χ1n) is 9.24. The zero-order valence-corrected chi connectivity index (χ0v) is 15.4. The van der Waals surface area contributed by atoms with Crippen molar-refractivity contribution in [3.63, 3.8) is 0 Å². The fraction of sp³-hybridized carbons (Fsp3) is 0.611. The summed E-state index contributed by atoms with van der Waals surface area (Å²) in [7, 11) is 3.50. The number of ether oxygens (including phenoxy) is 1. The van der Waals surface area contributed by atoms with E-state index in [9.17, 15) is 4.79 Å². The van der Waals surface area contributed by atoms with Crippen LogP contribution in [0.25, 0.3) is 5.65 Å². The lowest BCUT2D eigenvalue weighted by atomic mass is 9.97. The Hall–Kier alpha value is -2.19. The Kier molecular flexibility index (Phi) is 4.78. The molecule has 2 aromatic rings. The zero-order chi connectivity index (χ0) is 18.1. The van der Waals surface area contributed by atoms with E-state index in [4.69, 9.17) is 9.72 Å². The number of amides is 1. The second kappa shape index (κ2) is 7.20. The number of likely N-dealkylation sites (N-methyl/N-ethyl adjacent to an activating group) is 1. The van der Waals surface area contributed by atoms with Crippen LogP contribution in [0.1, 0.15) is 11.3 Å². The van der Waals surface area contributed by atoms with E-state index < -0.39 is 0 Å². The Morgan fingerprint density at radius 1 is 1.38 bits per heavy atom. The van der Waals surface area contributed by atoms with Crippen LogP contribution in [0.2, 0.25) is 0 Å². The van der Waals surface area contributed by atoms with Gasteiger partial charge in [-0.15, -0.1) is 0 Å². The highest BCUT2D eigenvalue weighted by Crippen LogP contribution is 2.31. The van der Waals surface area contributed by atoms with Crippen molar-refractivity contribution >= 4 is 17.4 Å². The first kappa shape index (κ1) is 17.2. The summed E-state index contributed by atoms with van der Waals surface area (Å²) in [5, 5.41) is 7.93. The third kappa shape index (κ3) is 3.03. The standard InChI is InChI=1S/C18H26N6O2/c1-22(9-10-26-2)18(25)13-11-23(12-13)17-14-3-6-19-7-4-15(14)21-16-5-8-20-24(16)17/h5,8,13,19H,3-4,6-7,9-12H2,1-2H3. The number of hydrogen-bond acceptors (Lipinski definition) is 6. The monoisotopic (exact) mass is 358 g/mol. The number of nitrogens with zero attached hydrogens (tertiary/aromatic N) is 5. The predicted molar refractivity (Wildman–Crippen MR) is 98.5 cm³/mol. The minimum Gasteiger partial charge on any atom is -0.383 e. The van der Waals surface area contributed by atoms with Crippen LogP contribution in [0, 0.1) is 5.92 Å². The number of rotatable bonds is 5. The number of fused-ring (bicyclic) bond motifs is 2. The minimum atomic E-state index is 0.0372. The van der Waals surface area contributed by atoms with Gasteiger partial charge in [0.05, 0.1) is 24.4 Å². The lowest BCUT2D eigenvalue weighted by Crippen LogP contribution is -2.55. The second-order valence-corrected chi connectivity index (χ2v) is 7.07.